The van der Waals surface area contributed by atoms with Crippen LogP contribution in [-0.2, 0) is 14.3 Å². The Hall–Kier alpha value is -3.03. The summed E-state index contributed by atoms with van der Waals surface area (Å²) >= 11 is 0. The van der Waals surface area contributed by atoms with Gasteiger partial charge in [-0.3, -0.25) is 14.5 Å². The van der Waals surface area contributed by atoms with Gasteiger partial charge in [0.05, 0.1) is 24.8 Å². The lowest BCUT2D eigenvalue weighted by molar-refractivity contribution is -0.140. The van der Waals surface area contributed by atoms with Crippen molar-refractivity contribution in [3.8, 4) is 0 Å². The fourth-order valence-corrected chi connectivity index (χ4v) is 3.93. The lowest BCUT2D eigenvalue weighted by Crippen LogP contribution is -2.42. The maximum atomic E-state index is 13.3. The normalized spacial score (nSPS) is 21.9. The fourth-order valence-electron chi connectivity index (χ4n) is 3.93. The first kappa shape index (κ1) is 20.3. The van der Waals surface area contributed by atoms with Crippen LogP contribution >= 0.6 is 0 Å². The summed E-state index contributed by atoms with van der Waals surface area (Å²) in [5.41, 5.74) is 1.06. The molecule has 2 aliphatic heterocycles. The van der Waals surface area contributed by atoms with Crippen LogP contribution in [-0.4, -0.2) is 66.0 Å². The van der Waals surface area contributed by atoms with Gasteiger partial charge < -0.3 is 14.7 Å². The van der Waals surface area contributed by atoms with Gasteiger partial charge in [0.1, 0.15) is 11.6 Å². The molecule has 7 heteroatoms. The van der Waals surface area contributed by atoms with Crippen molar-refractivity contribution >= 4 is 17.4 Å². The molecule has 1 amide bonds. The van der Waals surface area contributed by atoms with Crippen LogP contribution in [0.15, 0.2) is 60.2 Å². The van der Waals surface area contributed by atoms with E-state index in [4.69, 9.17) is 4.74 Å². The summed E-state index contributed by atoms with van der Waals surface area (Å²) in [4.78, 5) is 29.5. The number of amides is 1. The lowest BCUT2D eigenvalue weighted by atomic mass is 9.95. The van der Waals surface area contributed by atoms with Crippen molar-refractivity contribution < 1.29 is 23.8 Å². The largest absolute Gasteiger partial charge is 0.507 e. The minimum atomic E-state index is -0.729. The number of nitrogens with zero attached hydrogens (tertiary/aromatic N) is 2. The topological polar surface area (TPSA) is 70.1 Å². The monoisotopic (exact) mass is 410 g/mol. The number of aliphatic hydroxyl groups is 1. The van der Waals surface area contributed by atoms with Gasteiger partial charge in [-0.15, -0.1) is 0 Å². The molecular formula is C23H23FN2O4. The molecule has 0 unspecified atom stereocenters. The molecule has 1 atom stereocenters. The molecule has 1 N–H and O–H groups in total. The van der Waals surface area contributed by atoms with Crippen molar-refractivity contribution in [2.75, 3.05) is 39.4 Å². The van der Waals surface area contributed by atoms with Crippen LogP contribution in [0.25, 0.3) is 5.76 Å². The van der Waals surface area contributed by atoms with Crippen molar-refractivity contribution in [1.29, 1.82) is 0 Å². The van der Waals surface area contributed by atoms with Crippen molar-refractivity contribution in [2.45, 2.75) is 6.04 Å². The Morgan fingerprint density at radius 1 is 1.00 bits per heavy atom. The first-order valence-electron chi connectivity index (χ1n) is 9.95. The van der Waals surface area contributed by atoms with E-state index in [-0.39, 0.29) is 11.3 Å². The second kappa shape index (κ2) is 8.77. The van der Waals surface area contributed by atoms with Crippen LogP contribution in [0.4, 0.5) is 4.39 Å². The minimum absolute atomic E-state index is 0.0276. The molecule has 0 bridgehead atoms. The third kappa shape index (κ3) is 3.99. The number of Topliss-reactive ketones (excluding diaryl/α,β-unsaturated/α-hetero) is 1. The van der Waals surface area contributed by atoms with Gasteiger partial charge in [0, 0.05) is 31.7 Å². The zero-order valence-electron chi connectivity index (χ0n) is 16.5. The Balaban J connectivity index is 1.71. The average molecular weight is 410 g/mol. The van der Waals surface area contributed by atoms with Crippen LogP contribution in [0.3, 0.4) is 0 Å². The number of halogens is 1. The summed E-state index contributed by atoms with van der Waals surface area (Å²) in [6.07, 6.45) is 0. The second-order valence-electron chi connectivity index (χ2n) is 7.36. The zero-order chi connectivity index (χ0) is 21.1. The maximum absolute atomic E-state index is 13.3. The molecule has 6 nitrogen and oxygen atoms in total. The number of hydrogen-bond acceptors (Lipinski definition) is 5. The highest BCUT2D eigenvalue weighted by atomic mass is 19.1. The molecule has 2 aliphatic rings. The Morgan fingerprint density at radius 2 is 1.67 bits per heavy atom. The van der Waals surface area contributed by atoms with E-state index in [1.54, 1.807) is 0 Å². The minimum Gasteiger partial charge on any atom is -0.507 e. The van der Waals surface area contributed by atoms with Gasteiger partial charge in [0.25, 0.3) is 11.7 Å². The van der Waals surface area contributed by atoms with E-state index in [0.29, 0.717) is 31.9 Å². The van der Waals surface area contributed by atoms with Crippen molar-refractivity contribution in [1.82, 2.24) is 9.80 Å². The highest BCUT2D eigenvalue weighted by molar-refractivity contribution is 6.46. The summed E-state index contributed by atoms with van der Waals surface area (Å²) in [5.74, 6) is -2.11. The first-order chi connectivity index (χ1) is 14.6. The number of rotatable bonds is 5. The van der Waals surface area contributed by atoms with Gasteiger partial charge in [0.2, 0.25) is 0 Å². The Kier molecular flexibility index (Phi) is 5.92. The molecule has 0 saturated carbocycles. The molecule has 0 aliphatic carbocycles. The van der Waals surface area contributed by atoms with Crippen LogP contribution < -0.4 is 0 Å². The molecule has 2 fully saturated rings. The van der Waals surface area contributed by atoms with Gasteiger partial charge >= 0.3 is 0 Å². The second-order valence-corrected chi connectivity index (χ2v) is 7.36. The smallest absolute Gasteiger partial charge is 0.295 e. The van der Waals surface area contributed by atoms with Gasteiger partial charge in [-0.05, 0) is 29.8 Å². The molecule has 30 heavy (non-hydrogen) atoms. The van der Waals surface area contributed by atoms with Crippen LogP contribution in [0, 0.1) is 5.82 Å². The van der Waals surface area contributed by atoms with E-state index < -0.39 is 23.5 Å². The number of hydrogen-bond donors (Lipinski definition) is 1. The number of ether oxygens (including phenoxy) is 1. The molecule has 2 saturated heterocycles. The third-order valence-corrected chi connectivity index (χ3v) is 5.53. The molecular weight excluding hydrogens is 387 g/mol. The number of likely N-dealkylation sites (tertiary alicyclic amines) is 1. The SMILES string of the molecule is O=C1C(=O)N(CCN2CCOCC2)[C@@H](c2ccccc2)C1=C(O)c1ccc(F)cc1. The molecule has 0 aromatic heterocycles. The summed E-state index contributed by atoms with van der Waals surface area (Å²) in [6, 6.07) is 13.7. The Labute approximate surface area is 174 Å². The average Bonchev–Trinajstić information content (AvgIpc) is 3.04. The number of aliphatic hydroxyl groups excluding tert-OH is 1. The van der Waals surface area contributed by atoms with Gasteiger partial charge in [-0.25, -0.2) is 4.39 Å². The number of ketones is 1. The molecule has 0 radical (unpaired) electrons. The predicted octanol–water partition coefficient (Wildman–Crippen LogP) is 2.58. The number of morpholine rings is 1. The predicted molar refractivity (Wildman–Crippen MR) is 109 cm³/mol. The molecule has 4 rings (SSSR count). The van der Waals surface area contributed by atoms with E-state index in [0.717, 1.165) is 18.7 Å². The molecule has 0 spiro atoms. The van der Waals surface area contributed by atoms with Crippen molar-refractivity contribution in [2.24, 2.45) is 0 Å². The van der Waals surface area contributed by atoms with Crippen LogP contribution in [0.1, 0.15) is 17.2 Å². The van der Waals surface area contributed by atoms with E-state index >= 15 is 0 Å². The summed E-state index contributed by atoms with van der Waals surface area (Å²) in [7, 11) is 0. The van der Waals surface area contributed by atoms with Gasteiger partial charge in [-0.2, -0.15) is 0 Å². The van der Waals surface area contributed by atoms with Gasteiger partial charge in [0.15, 0.2) is 0 Å². The highest BCUT2D eigenvalue weighted by Gasteiger charge is 2.45. The third-order valence-electron chi connectivity index (χ3n) is 5.53. The van der Waals surface area contributed by atoms with E-state index in [2.05, 4.69) is 4.90 Å². The number of benzene rings is 2. The standard InChI is InChI=1S/C23H23FN2O4/c24-18-8-6-17(7-9-18)21(27)19-20(16-4-2-1-3-5-16)26(23(29)22(19)28)11-10-25-12-14-30-15-13-25/h1-9,20,27H,10-15H2/t20-/m0/s1. The van der Waals surface area contributed by atoms with E-state index in [1.165, 1.54) is 29.2 Å². The molecule has 2 heterocycles. The molecule has 156 valence electrons. The quantitative estimate of drug-likeness (QED) is 0.466. The summed E-state index contributed by atoms with van der Waals surface area (Å²) in [6.45, 7) is 3.79. The number of carbonyl (C=O) groups is 2. The van der Waals surface area contributed by atoms with E-state index in [9.17, 15) is 19.1 Å². The number of carbonyl (C=O) groups excluding carboxylic acids is 2. The van der Waals surface area contributed by atoms with Crippen molar-refractivity contribution in [3.63, 3.8) is 0 Å². The first-order valence-corrected chi connectivity index (χ1v) is 9.95. The van der Waals surface area contributed by atoms with Crippen molar-refractivity contribution in [3.05, 3.63) is 77.1 Å². The fraction of sp³-hybridized carbons (Fsp3) is 0.304. The Bertz CT molecular complexity index is 953. The maximum Gasteiger partial charge on any atom is 0.295 e. The lowest BCUT2D eigenvalue weighted by Gasteiger charge is -2.31. The van der Waals surface area contributed by atoms with Gasteiger partial charge in [-0.1, -0.05) is 30.3 Å². The molecule has 2 aromatic rings. The van der Waals surface area contributed by atoms with E-state index in [1.807, 2.05) is 30.3 Å². The van der Waals surface area contributed by atoms with Crippen LogP contribution in [0.5, 0.6) is 0 Å². The highest BCUT2D eigenvalue weighted by Crippen LogP contribution is 2.39. The summed E-state index contributed by atoms with van der Waals surface area (Å²) < 4.78 is 18.7. The molecule has 2 aromatic carbocycles. The van der Waals surface area contributed by atoms with Crippen LogP contribution in [0.2, 0.25) is 0 Å². The summed E-state index contributed by atoms with van der Waals surface area (Å²) in [5, 5.41) is 10.9. The Morgan fingerprint density at radius 3 is 2.33 bits per heavy atom. The zero-order valence-corrected chi connectivity index (χ0v) is 16.5.